The van der Waals surface area contributed by atoms with Crippen LogP contribution in [0.25, 0.3) is 82.7 Å². The Balaban J connectivity index is 1.18. The van der Waals surface area contributed by atoms with Gasteiger partial charge < -0.3 is 4.57 Å². The predicted octanol–water partition coefficient (Wildman–Crippen LogP) is 10.8. The summed E-state index contributed by atoms with van der Waals surface area (Å²) in [5.41, 5.74) is 12.6. The highest BCUT2D eigenvalue weighted by atomic mass is 15.0. The summed E-state index contributed by atoms with van der Waals surface area (Å²) in [6, 6.07) is 53.2. The Kier molecular flexibility index (Phi) is 6.16. The van der Waals surface area contributed by atoms with E-state index in [0.717, 1.165) is 71.9 Å². The largest absolute Gasteiger partial charge is 0.309 e. The van der Waals surface area contributed by atoms with Crippen molar-refractivity contribution in [1.82, 2.24) is 14.5 Å². The van der Waals surface area contributed by atoms with Crippen molar-refractivity contribution in [2.24, 2.45) is 0 Å². The zero-order valence-electron chi connectivity index (χ0n) is 25.3. The van der Waals surface area contributed by atoms with Gasteiger partial charge in [0.15, 0.2) is 0 Å². The smallest absolute Gasteiger partial charge is 0.0991 e. The van der Waals surface area contributed by atoms with Gasteiger partial charge in [0, 0.05) is 39.6 Å². The second kappa shape index (κ2) is 10.8. The van der Waals surface area contributed by atoms with Crippen LogP contribution in [0.1, 0.15) is 5.56 Å². The van der Waals surface area contributed by atoms with Crippen LogP contribution in [0, 0.1) is 11.3 Å². The maximum Gasteiger partial charge on any atom is 0.0991 e. The van der Waals surface area contributed by atoms with Gasteiger partial charge in [-0.25, -0.2) is 0 Å². The first kappa shape index (κ1) is 26.8. The number of fused-ring (bicyclic) bond motifs is 6. The van der Waals surface area contributed by atoms with Crippen LogP contribution in [0.4, 0.5) is 0 Å². The zero-order valence-corrected chi connectivity index (χ0v) is 25.3. The SMILES string of the molecule is N#Cc1cccc(-c2ccc3c4cc(-c5ccc(-c6cc7cccnc7c7ncccc67)cc5)ccc4n(-c4ccccc4)c3c2)c1. The minimum Gasteiger partial charge on any atom is -0.309 e. The van der Waals surface area contributed by atoms with E-state index in [4.69, 9.17) is 4.98 Å². The van der Waals surface area contributed by atoms with E-state index < -0.39 is 0 Å². The summed E-state index contributed by atoms with van der Waals surface area (Å²) in [4.78, 5) is 9.31. The lowest BCUT2D eigenvalue weighted by molar-refractivity contribution is 1.18. The molecule has 0 fully saturated rings. The van der Waals surface area contributed by atoms with E-state index in [0.29, 0.717) is 5.56 Å². The van der Waals surface area contributed by atoms with Gasteiger partial charge in [-0.2, -0.15) is 5.26 Å². The number of hydrogen-bond acceptors (Lipinski definition) is 3. The maximum atomic E-state index is 9.48. The summed E-state index contributed by atoms with van der Waals surface area (Å²) in [5, 5.41) is 14.0. The van der Waals surface area contributed by atoms with Crippen LogP contribution in [0.2, 0.25) is 0 Å². The van der Waals surface area contributed by atoms with Crippen LogP contribution in [0.3, 0.4) is 0 Å². The van der Waals surface area contributed by atoms with Crippen LogP contribution in [0.15, 0.2) is 158 Å². The molecule has 6 aromatic carbocycles. The average molecular weight is 599 g/mol. The van der Waals surface area contributed by atoms with Gasteiger partial charge in [0.2, 0.25) is 0 Å². The molecule has 0 atom stereocenters. The highest BCUT2D eigenvalue weighted by Crippen LogP contribution is 2.38. The summed E-state index contributed by atoms with van der Waals surface area (Å²) in [5.74, 6) is 0. The molecule has 0 radical (unpaired) electrons. The maximum absolute atomic E-state index is 9.48. The van der Waals surface area contributed by atoms with E-state index >= 15 is 0 Å². The molecule has 4 nitrogen and oxygen atoms in total. The number of para-hydroxylation sites is 1. The molecule has 3 aromatic heterocycles. The minimum absolute atomic E-state index is 0.657. The van der Waals surface area contributed by atoms with Gasteiger partial charge >= 0.3 is 0 Å². The van der Waals surface area contributed by atoms with Gasteiger partial charge in [0.05, 0.1) is 33.7 Å². The van der Waals surface area contributed by atoms with Crippen molar-refractivity contribution >= 4 is 43.6 Å². The van der Waals surface area contributed by atoms with Gasteiger partial charge in [-0.3, -0.25) is 9.97 Å². The van der Waals surface area contributed by atoms with Crippen molar-refractivity contribution in [3.63, 3.8) is 0 Å². The van der Waals surface area contributed by atoms with E-state index in [1.165, 1.54) is 10.8 Å². The molecule has 0 amide bonds. The fraction of sp³-hybridized carbons (Fsp3) is 0. The third kappa shape index (κ3) is 4.45. The third-order valence-corrected chi connectivity index (χ3v) is 9.10. The first-order valence-corrected chi connectivity index (χ1v) is 15.6. The Morgan fingerprint density at radius 3 is 2.04 bits per heavy atom. The molecule has 0 unspecified atom stereocenters. The molecular weight excluding hydrogens is 573 g/mol. The summed E-state index contributed by atoms with van der Waals surface area (Å²) in [6.07, 6.45) is 3.66. The molecule has 9 rings (SSSR count). The molecule has 0 saturated heterocycles. The first-order valence-electron chi connectivity index (χ1n) is 15.6. The standard InChI is InChI=1S/C43H26N4/c44-27-28-7-4-8-31(23-28)33-17-19-36-39-24-32(18-20-40(39)47(41(36)26-33)35-10-2-1-3-11-35)29-13-15-30(16-14-29)38-25-34-9-5-21-45-42(34)43-37(38)12-6-22-46-43/h1-26H. The highest BCUT2D eigenvalue weighted by molar-refractivity contribution is 6.12. The molecule has 0 aliphatic heterocycles. The van der Waals surface area contributed by atoms with Crippen molar-refractivity contribution in [2.75, 3.05) is 0 Å². The van der Waals surface area contributed by atoms with Gasteiger partial charge in [0.1, 0.15) is 0 Å². The molecule has 9 aromatic rings. The van der Waals surface area contributed by atoms with Crippen molar-refractivity contribution < 1.29 is 0 Å². The lowest BCUT2D eigenvalue weighted by Gasteiger charge is -2.11. The number of rotatable bonds is 4. The number of nitriles is 1. The second-order valence-corrected chi connectivity index (χ2v) is 11.8. The van der Waals surface area contributed by atoms with E-state index in [-0.39, 0.29) is 0 Å². The molecular formula is C43H26N4. The Bertz CT molecular complexity index is 2680. The first-order chi connectivity index (χ1) is 23.2. The van der Waals surface area contributed by atoms with Crippen LogP contribution < -0.4 is 0 Å². The summed E-state index contributed by atoms with van der Waals surface area (Å²) in [7, 11) is 0. The number of benzene rings is 6. The van der Waals surface area contributed by atoms with E-state index in [2.05, 4.69) is 125 Å². The summed E-state index contributed by atoms with van der Waals surface area (Å²) < 4.78 is 2.34. The van der Waals surface area contributed by atoms with Crippen molar-refractivity contribution in [1.29, 1.82) is 5.26 Å². The van der Waals surface area contributed by atoms with Gasteiger partial charge in [-0.05, 0) is 94.0 Å². The van der Waals surface area contributed by atoms with Gasteiger partial charge in [-0.15, -0.1) is 0 Å². The number of hydrogen-bond donors (Lipinski definition) is 0. The fourth-order valence-corrected chi connectivity index (χ4v) is 6.86. The Labute approximate surface area is 271 Å². The molecule has 218 valence electrons. The molecule has 0 spiro atoms. The summed E-state index contributed by atoms with van der Waals surface area (Å²) in [6.45, 7) is 0. The topological polar surface area (TPSA) is 54.5 Å². The Morgan fingerprint density at radius 2 is 1.19 bits per heavy atom. The van der Waals surface area contributed by atoms with Crippen molar-refractivity contribution in [3.8, 4) is 45.1 Å². The normalized spacial score (nSPS) is 11.4. The minimum atomic E-state index is 0.657. The lowest BCUT2D eigenvalue weighted by atomic mass is 9.95. The fourth-order valence-electron chi connectivity index (χ4n) is 6.86. The van der Waals surface area contributed by atoms with E-state index in [1.54, 1.807) is 0 Å². The molecule has 0 aliphatic carbocycles. The van der Waals surface area contributed by atoms with Crippen LogP contribution in [-0.4, -0.2) is 14.5 Å². The second-order valence-electron chi connectivity index (χ2n) is 11.8. The Hall–Kier alpha value is -6.57. The lowest BCUT2D eigenvalue weighted by Crippen LogP contribution is -1.93. The number of aromatic nitrogens is 3. The molecule has 0 bridgehead atoms. The number of nitrogens with zero attached hydrogens (tertiary/aromatic N) is 4. The number of pyridine rings is 2. The van der Waals surface area contributed by atoms with Gasteiger partial charge in [-0.1, -0.05) is 84.9 Å². The molecule has 3 heterocycles. The quantitative estimate of drug-likeness (QED) is 0.189. The van der Waals surface area contributed by atoms with Crippen LogP contribution in [-0.2, 0) is 0 Å². The molecule has 0 saturated carbocycles. The van der Waals surface area contributed by atoms with Gasteiger partial charge in [0.25, 0.3) is 0 Å². The predicted molar refractivity (Wildman–Crippen MR) is 192 cm³/mol. The molecule has 0 aliphatic rings. The van der Waals surface area contributed by atoms with Crippen molar-refractivity contribution in [3.05, 3.63) is 164 Å². The van der Waals surface area contributed by atoms with Crippen LogP contribution in [0.5, 0.6) is 0 Å². The van der Waals surface area contributed by atoms with Crippen LogP contribution >= 0.6 is 0 Å². The average Bonchev–Trinajstić information content (AvgIpc) is 3.48. The van der Waals surface area contributed by atoms with Crippen molar-refractivity contribution in [2.45, 2.75) is 0 Å². The molecule has 47 heavy (non-hydrogen) atoms. The van der Waals surface area contributed by atoms with E-state index in [9.17, 15) is 5.26 Å². The Morgan fingerprint density at radius 1 is 0.468 bits per heavy atom. The third-order valence-electron chi connectivity index (χ3n) is 9.10. The van der Waals surface area contributed by atoms with E-state index in [1.807, 2.05) is 48.8 Å². The molecule has 0 N–H and O–H groups in total. The zero-order chi connectivity index (χ0) is 31.3. The summed E-state index contributed by atoms with van der Waals surface area (Å²) >= 11 is 0. The highest BCUT2D eigenvalue weighted by Gasteiger charge is 2.15. The molecule has 4 heteroatoms. The monoisotopic (exact) mass is 598 g/mol.